The number of piperidine rings is 1. The number of anilines is 1. The van der Waals surface area contributed by atoms with Gasteiger partial charge in [0.05, 0.1) is 23.0 Å². The minimum atomic E-state index is -0.521. The van der Waals surface area contributed by atoms with E-state index in [1.54, 1.807) is 24.3 Å². The number of carbonyl (C=O) groups is 3. The molecule has 2 fully saturated rings. The Hall–Kier alpha value is -2.22. The van der Waals surface area contributed by atoms with Crippen LogP contribution in [-0.2, 0) is 9.59 Å². The summed E-state index contributed by atoms with van der Waals surface area (Å²) in [5, 5.41) is 5.79. The van der Waals surface area contributed by atoms with Crippen molar-refractivity contribution in [1.29, 1.82) is 0 Å². The van der Waals surface area contributed by atoms with Crippen LogP contribution in [0.15, 0.2) is 41.8 Å². The summed E-state index contributed by atoms with van der Waals surface area (Å²) in [6, 6.07) is 9.99. The van der Waals surface area contributed by atoms with Crippen molar-refractivity contribution in [3.05, 3.63) is 51.7 Å². The fraction of sp³-hybridized carbons (Fsp3) is 0.350. The van der Waals surface area contributed by atoms with E-state index in [1.807, 2.05) is 22.4 Å². The largest absolute Gasteiger partial charge is 0.338 e. The Morgan fingerprint density at radius 1 is 1.11 bits per heavy atom. The quantitative estimate of drug-likeness (QED) is 0.776. The lowest BCUT2D eigenvalue weighted by Crippen LogP contribution is -2.49. The second-order valence-electron chi connectivity index (χ2n) is 7.01. The van der Waals surface area contributed by atoms with Crippen LogP contribution in [0.4, 0.5) is 5.69 Å². The average molecular weight is 418 g/mol. The summed E-state index contributed by atoms with van der Waals surface area (Å²) in [5.41, 5.74) is 0.542. The molecule has 0 unspecified atom stereocenters. The zero-order chi connectivity index (χ0) is 19.7. The van der Waals surface area contributed by atoms with Gasteiger partial charge in [0.1, 0.15) is 0 Å². The van der Waals surface area contributed by atoms with E-state index in [2.05, 4.69) is 5.32 Å². The lowest BCUT2D eigenvalue weighted by molar-refractivity contribution is -0.121. The Labute approximate surface area is 172 Å². The zero-order valence-corrected chi connectivity index (χ0v) is 16.7. The summed E-state index contributed by atoms with van der Waals surface area (Å²) in [6.45, 7) is 1.29. The number of imide groups is 1. The van der Waals surface area contributed by atoms with Gasteiger partial charge < -0.3 is 10.2 Å². The molecule has 6 nitrogen and oxygen atoms in total. The van der Waals surface area contributed by atoms with E-state index in [9.17, 15) is 14.4 Å². The highest BCUT2D eigenvalue weighted by molar-refractivity contribution is 7.12. The van der Waals surface area contributed by atoms with Gasteiger partial charge in [-0.2, -0.15) is 0 Å². The molecule has 0 radical (unpaired) electrons. The van der Waals surface area contributed by atoms with Gasteiger partial charge in [-0.1, -0.05) is 17.7 Å². The highest BCUT2D eigenvalue weighted by Gasteiger charge is 2.40. The van der Waals surface area contributed by atoms with Gasteiger partial charge in [0, 0.05) is 24.2 Å². The monoisotopic (exact) mass is 417 g/mol. The van der Waals surface area contributed by atoms with E-state index in [-0.39, 0.29) is 30.2 Å². The number of thiophene rings is 1. The van der Waals surface area contributed by atoms with Gasteiger partial charge in [0.25, 0.3) is 11.8 Å². The predicted octanol–water partition coefficient (Wildman–Crippen LogP) is 2.93. The molecule has 0 aliphatic carbocycles. The van der Waals surface area contributed by atoms with Crippen molar-refractivity contribution in [1.82, 2.24) is 10.2 Å². The van der Waals surface area contributed by atoms with Gasteiger partial charge in [0.2, 0.25) is 5.91 Å². The fourth-order valence-electron chi connectivity index (χ4n) is 3.71. The molecule has 1 aromatic heterocycles. The lowest BCUT2D eigenvalue weighted by Gasteiger charge is -2.33. The summed E-state index contributed by atoms with van der Waals surface area (Å²) < 4.78 is 0. The molecule has 2 aromatic rings. The van der Waals surface area contributed by atoms with Crippen molar-refractivity contribution in [3.8, 4) is 0 Å². The Bertz CT molecular complexity index is 877. The Morgan fingerprint density at radius 2 is 1.82 bits per heavy atom. The molecule has 2 saturated heterocycles. The molecule has 28 heavy (non-hydrogen) atoms. The van der Waals surface area contributed by atoms with E-state index < -0.39 is 6.04 Å². The van der Waals surface area contributed by atoms with E-state index in [0.29, 0.717) is 23.8 Å². The normalized spacial score (nSPS) is 20.8. The molecule has 3 heterocycles. The highest BCUT2D eigenvalue weighted by atomic mass is 35.5. The number of amides is 3. The Kier molecular flexibility index (Phi) is 5.48. The number of benzene rings is 1. The maximum atomic E-state index is 12.7. The maximum absolute atomic E-state index is 12.7. The summed E-state index contributed by atoms with van der Waals surface area (Å²) in [5.74, 6) is -0.381. The van der Waals surface area contributed by atoms with Crippen molar-refractivity contribution in [2.24, 2.45) is 0 Å². The van der Waals surface area contributed by atoms with Crippen molar-refractivity contribution >= 4 is 46.3 Å². The molecule has 2 aliphatic rings. The van der Waals surface area contributed by atoms with Crippen LogP contribution < -0.4 is 10.2 Å². The number of hydrogen-bond acceptors (Lipinski definition) is 5. The van der Waals surface area contributed by atoms with E-state index >= 15 is 0 Å². The van der Waals surface area contributed by atoms with Crippen LogP contribution in [0.25, 0.3) is 0 Å². The minimum absolute atomic E-state index is 0.0643. The smallest absolute Gasteiger partial charge is 0.263 e. The van der Waals surface area contributed by atoms with E-state index in [4.69, 9.17) is 11.6 Å². The van der Waals surface area contributed by atoms with Gasteiger partial charge >= 0.3 is 0 Å². The second kappa shape index (κ2) is 8.03. The van der Waals surface area contributed by atoms with Crippen LogP contribution in [0.5, 0.6) is 0 Å². The zero-order valence-electron chi connectivity index (χ0n) is 15.1. The molecular formula is C20H20ClN3O3S. The summed E-state index contributed by atoms with van der Waals surface area (Å²) >= 11 is 7.34. The first-order valence-corrected chi connectivity index (χ1v) is 10.5. The number of rotatable bonds is 4. The SMILES string of the molecule is O=C(c1cccs1)N1CCC(N[C@@H]2CC(=O)N(c3ccc(Cl)cc3)C2=O)CC1. The summed E-state index contributed by atoms with van der Waals surface area (Å²) in [7, 11) is 0. The molecule has 1 atom stereocenters. The molecule has 3 amide bonds. The number of likely N-dealkylation sites (tertiary alicyclic amines) is 1. The van der Waals surface area contributed by atoms with Crippen molar-refractivity contribution < 1.29 is 14.4 Å². The predicted molar refractivity (Wildman–Crippen MR) is 109 cm³/mol. The van der Waals surface area contributed by atoms with Crippen LogP contribution in [-0.4, -0.2) is 47.8 Å². The average Bonchev–Trinajstić information content (AvgIpc) is 3.32. The van der Waals surface area contributed by atoms with Crippen molar-refractivity contribution in [3.63, 3.8) is 0 Å². The van der Waals surface area contributed by atoms with Gasteiger partial charge in [-0.05, 0) is 48.6 Å². The molecule has 2 aliphatic heterocycles. The maximum Gasteiger partial charge on any atom is 0.263 e. The van der Waals surface area contributed by atoms with Gasteiger partial charge in [0.15, 0.2) is 0 Å². The first kappa shape index (κ1) is 19.1. The molecule has 0 spiro atoms. The summed E-state index contributed by atoms with van der Waals surface area (Å²) in [4.78, 5) is 41.4. The third-order valence-electron chi connectivity index (χ3n) is 5.18. The van der Waals surface area contributed by atoms with E-state index in [0.717, 1.165) is 17.7 Å². The highest BCUT2D eigenvalue weighted by Crippen LogP contribution is 2.25. The third kappa shape index (κ3) is 3.83. The van der Waals surface area contributed by atoms with Crippen molar-refractivity contribution in [2.45, 2.75) is 31.3 Å². The first-order chi connectivity index (χ1) is 13.5. The third-order valence-corrected chi connectivity index (χ3v) is 6.29. The van der Waals surface area contributed by atoms with Gasteiger partial charge in [-0.3, -0.25) is 14.4 Å². The number of halogens is 1. The van der Waals surface area contributed by atoms with Crippen molar-refractivity contribution in [2.75, 3.05) is 18.0 Å². The Morgan fingerprint density at radius 3 is 2.46 bits per heavy atom. The van der Waals surface area contributed by atoms with Gasteiger partial charge in [-0.25, -0.2) is 4.90 Å². The molecule has 0 bridgehead atoms. The Balaban J connectivity index is 1.34. The standard InChI is InChI=1S/C20H20ClN3O3S/c21-13-3-5-15(6-4-13)24-18(25)12-16(19(24)26)22-14-7-9-23(10-8-14)20(27)17-2-1-11-28-17/h1-6,11,14,16,22H,7-10,12H2/t16-/m1/s1. The molecule has 146 valence electrons. The lowest BCUT2D eigenvalue weighted by atomic mass is 10.0. The van der Waals surface area contributed by atoms with Crippen LogP contribution in [0, 0.1) is 0 Å². The molecule has 0 saturated carbocycles. The molecule has 8 heteroatoms. The number of carbonyl (C=O) groups excluding carboxylic acids is 3. The van der Waals surface area contributed by atoms with Crippen LogP contribution >= 0.6 is 22.9 Å². The minimum Gasteiger partial charge on any atom is -0.338 e. The topological polar surface area (TPSA) is 69.7 Å². The van der Waals surface area contributed by atoms with Gasteiger partial charge in [-0.15, -0.1) is 11.3 Å². The second-order valence-corrected chi connectivity index (χ2v) is 8.40. The molecule has 1 aromatic carbocycles. The summed E-state index contributed by atoms with van der Waals surface area (Å²) in [6.07, 6.45) is 1.67. The number of nitrogens with one attached hydrogen (secondary N) is 1. The van der Waals surface area contributed by atoms with Crippen LogP contribution in [0.2, 0.25) is 5.02 Å². The van der Waals surface area contributed by atoms with Crippen LogP contribution in [0.3, 0.4) is 0 Å². The fourth-order valence-corrected chi connectivity index (χ4v) is 4.53. The number of hydrogen-bond donors (Lipinski definition) is 1. The van der Waals surface area contributed by atoms with E-state index in [1.165, 1.54) is 16.2 Å². The molecule has 4 rings (SSSR count). The number of nitrogens with zero attached hydrogens (tertiary/aromatic N) is 2. The first-order valence-electron chi connectivity index (χ1n) is 9.24. The molecular weight excluding hydrogens is 398 g/mol. The molecule has 1 N–H and O–H groups in total. The van der Waals surface area contributed by atoms with Crippen LogP contribution in [0.1, 0.15) is 28.9 Å².